The molecular weight excluding hydrogens is 384 g/mol. The van der Waals surface area contributed by atoms with Crippen LogP contribution in [0, 0.1) is 12.8 Å². The number of sulfonamides is 1. The molecule has 1 N–H and O–H groups in total. The number of halogens is 2. The Kier molecular flexibility index (Phi) is 6.95. The fourth-order valence-corrected chi connectivity index (χ4v) is 6.46. The molecule has 0 aromatic carbocycles. The lowest BCUT2D eigenvalue weighted by Crippen LogP contribution is -2.42. The third-order valence-electron chi connectivity index (χ3n) is 3.43. The van der Waals surface area contributed by atoms with E-state index in [1.165, 1.54) is 11.3 Å². The van der Waals surface area contributed by atoms with Crippen LogP contribution in [0.2, 0.25) is 0 Å². The molecule has 2 rings (SSSR count). The predicted octanol–water partition coefficient (Wildman–Crippen LogP) is 2.86. The van der Waals surface area contributed by atoms with E-state index >= 15 is 0 Å². The van der Waals surface area contributed by atoms with Crippen molar-refractivity contribution in [2.75, 3.05) is 26.7 Å². The number of nitrogens with zero attached hydrogens (tertiary/aromatic N) is 1. The van der Waals surface area contributed by atoms with Gasteiger partial charge in [0.2, 0.25) is 10.0 Å². The van der Waals surface area contributed by atoms with Gasteiger partial charge < -0.3 is 5.32 Å². The highest BCUT2D eigenvalue weighted by molar-refractivity contribution is 9.11. The van der Waals surface area contributed by atoms with Crippen molar-refractivity contribution in [2.45, 2.75) is 24.7 Å². The minimum Gasteiger partial charge on any atom is -0.319 e. The molecule has 4 nitrogen and oxygen atoms in total. The molecule has 0 bridgehead atoms. The van der Waals surface area contributed by atoms with E-state index in [0.29, 0.717) is 23.9 Å². The van der Waals surface area contributed by atoms with Crippen molar-refractivity contribution >= 4 is 49.7 Å². The molecule has 1 aliphatic rings. The van der Waals surface area contributed by atoms with E-state index in [0.717, 1.165) is 28.0 Å². The summed E-state index contributed by atoms with van der Waals surface area (Å²) in [6, 6.07) is 1.72. The highest BCUT2D eigenvalue weighted by Gasteiger charge is 2.31. The van der Waals surface area contributed by atoms with Gasteiger partial charge in [0.25, 0.3) is 0 Å². The van der Waals surface area contributed by atoms with Crippen molar-refractivity contribution in [3.63, 3.8) is 0 Å². The Morgan fingerprint density at radius 3 is 2.80 bits per heavy atom. The van der Waals surface area contributed by atoms with Gasteiger partial charge in [0.15, 0.2) is 0 Å². The summed E-state index contributed by atoms with van der Waals surface area (Å²) in [6.45, 7) is 3.99. The first-order chi connectivity index (χ1) is 8.95. The van der Waals surface area contributed by atoms with E-state index in [4.69, 9.17) is 0 Å². The number of thiophene rings is 1. The van der Waals surface area contributed by atoms with Crippen LogP contribution in [0.25, 0.3) is 0 Å². The highest BCUT2D eigenvalue weighted by Crippen LogP contribution is 2.33. The van der Waals surface area contributed by atoms with Crippen LogP contribution < -0.4 is 5.32 Å². The second-order valence-corrected chi connectivity index (χ2v) is 9.44. The van der Waals surface area contributed by atoms with E-state index in [2.05, 4.69) is 21.2 Å². The van der Waals surface area contributed by atoms with Crippen molar-refractivity contribution in [3.05, 3.63) is 14.7 Å². The number of rotatable bonds is 4. The first kappa shape index (κ1) is 18.4. The molecular formula is C12H20BrClN2O2S2. The van der Waals surface area contributed by atoms with Crippen LogP contribution in [-0.2, 0) is 10.0 Å². The Balaban J connectivity index is 0.00000200. The van der Waals surface area contributed by atoms with Crippen molar-refractivity contribution in [3.8, 4) is 0 Å². The van der Waals surface area contributed by atoms with Crippen molar-refractivity contribution < 1.29 is 8.42 Å². The van der Waals surface area contributed by atoms with Crippen LogP contribution in [0.5, 0.6) is 0 Å². The molecule has 0 aliphatic carbocycles. The Morgan fingerprint density at radius 1 is 1.55 bits per heavy atom. The van der Waals surface area contributed by atoms with Gasteiger partial charge in [-0.05, 0) is 61.3 Å². The minimum absolute atomic E-state index is 0. The minimum atomic E-state index is -3.34. The second kappa shape index (κ2) is 7.56. The van der Waals surface area contributed by atoms with Gasteiger partial charge in [-0.2, -0.15) is 4.31 Å². The van der Waals surface area contributed by atoms with Gasteiger partial charge in [-0.3, -0.25) is 0 Å². The maximum absolute atomic E-state index is 12.7. The summed E-state index contributed by atoms with van der Waals surface area (Å²) < 4.78 is 27.8. The zero-order chi connectivity index (χ0) is 14.0. The first-order valence-corrected chi connectivity index (χ1v) is 9.40. The molecule has 116 valence electrons. The largest absolute Gasteiger partial charge is 0.319 e. The topological polar surface area (TPSA) is 49.4 Å². The third kappa shape index (κ3) is 3.96. The normalized spacial score (nSPS) is 20.6. The summed E-state index contributed by atoms with van der Waals surface area (Å²) >= 11 is 4.83. The summed E-state index contributed by atoms with van der Waals surface area (Å²) in [5.41, 5.74) is 0. The van der Waals surface area contributed by atoms with E-state index in [1.54, 1.807) is 10.4 Å². The molecule has 0 spiro atoms. The number of nitrogens with one attached hydrogen (secondary N) is 1. The summed E-state index contributed by atoms with van der Waals surface area (Å²) in [5, 5.41) is 3.14. The highest BCUT2D eigenvalue weighted by atomic mass is 79.9. The maximum atomic E-state index is 12.7. The summed E-state index contributed by atoms with van der Waals surface area (Å²) in [4.78, 5) is 1.30. The Morgan fingerprint density at radius 2 is 2.25 bits per heavy atom. The van der Waals surface area contributed by atoms with E-state index < -0.39 is 10.0 Å². The molecule has 0 amide bonds. The van der Waals surface area contributed by atoms with Crippen molar-refractivity contribution in [1.29, 1.82) is 0 Å². The quantitative estimate of drug-likeness (QED) is 0.841. The molecule has 1 atom stereocenters. The number of aryl methyl sites for hydroxylation is 1. The lowest BCUT2D eigenvalue weighted by molar-refractivity contribution is 0.263. The molecule has 8 heteroatoms. The van der Waals surface area contributed by atoms with Gasteiger partial charge in [-0.25, -0.2) is 8.42 Å². The Labute approximate surface area is 139 Å². The van der Waals surface area contributed by atoms with Gasteiger partial charge in [-0.1, -0.05) is 0 Å². The van der Waals surface area contributed by atoms with Gasteiger partial charge in [0.05, 0.1) is 8.68 Å². The van der Waals surface area contributed by atoms with Crippen molar-refractivity contribution in [1.82, 2.24) is 9.62 Å². The fraction of sp³-hybridized carbons (Fsp3) is 0.667. The monoisotopic (exact) mass is 402 g/mol. The smallest absolute Gasteiger partial charge is 0.244 e. The molecule has 1 fully saturated rings. The zero-order valence-electron chi connectivity index (χ0n) is 11.6. The predicted molar refractivity (Wildman–Crippen MR) is 89.4 cm³/mol. The molecule has 0 radical (unpaired) electrons. The molecule has 1 unspecified atom stereocenters. The molecule has 20 heavy (non-hydrogen) atoms. The zero-order valence-corrected chi connectivity index (χ0v) is 15.6. The van der Waals surface area contributed by atoms with Crippen LogP contribution in [0.4, 0.5) is 0 Å². The summed E-state index contributed by atoms with van der Waals surface area (Å²) in [5.74, 6) is 0.413. The maximum Gasteiger partial charge on any atom is 0.244 e. The molecule has 1 aromatic rings. The average Bonchev–Trinajstić information content (AvgIpc) is 2.70. The Hall–Kier alpha value is 0.340. The Bertz CT molecular complexity index is 546. The molecule has 1 aromatic heterocycles. The SMILES string of the molecule is CNCC1CCCN(S(=O)(=O)c2cc(Br)sc2C)C1.Cl. The van der Waals surface area contributed by atoms with E-state index in [-0.39, 0.29) is 12.4 Å². The molecule has 2 heterocycles. The lowest BCUT2D eigenvalue weighted by atomic mass is 10.00. The van der Waals surface area contributed by atoms with E-state index in [9.17, 15) is 8.42 Å². The standard InChI is InChI=1S/C12H19BrN2O2S2.ClH/c1-9-11(6-12(13)18-9)19(16,17)15-5-3-4-10(8-15)7-14-2;/h6,10,14H,3-5,7-8H2,1-2H3;1H. The van der Waals surface area contributed by atoms with E-state index in [1.807, 2.05) is 14.0 Å². The lowest BCUT2D eigenvalue weighted by Gasteiger charge is -2.31. The fourth-order valence-electron chi connectivity index (χ4n) is 2.53. The molecule has 1 aliphatic heterocycles. The average molecular weight is 404 g/mol. The molecule has 0 saturated carbocycles. The van der Waals surface area contributed by atoms with Gasteiger partial charge in [0.1, 0.15) is 0 Å². The third-order valence-corrected chi connectivity index (χ3v) is 7.11. The number of hydrogen-bond donors (Lipinski definition) is 1. The van der Waals surface area contributed by atoms with Crippen molar-refractivity contribution in [2.24, 2.45) is 5.92 Å². The summed E-state index contributed by atoms with van der Waals surface area (Å²) in [6.07, 6.45) is 2.04. The van der Waals surface area contributed by atoms with Crippen LogP contribution in [0.1, 0.15) is 17.7 Å². The number of hydrogen-bond acceptors (Lipinski definition) is 4. The van der Waals surface area contributed by atoms with Crippen LogP contribution in [0.3, 0.4) is 0 Å². The van der Waals surface area contributed by atoms with Crippen LogP contribution in [0.15, 0.2) is 14.7 Å². The number of piperidine rings is 1. The van der Waals surface area contributed by atoms with Gasteiger partial charge >= 0.3 is 0 Å². The second-order valence-electron chi connectivity index (χ2n) is 4.90. The van der Waals surface area contributed by atoms with Gasteiger partial charge in [0, 0.05) is 18.0 Å². The van der Waals surface area contributed by atoms with Crippen LogP contribution >= 0.6 is 39.7 Å². The first-order valence-electron chi connectivity index (χ1n) is 6.36. The summed E-state index contributed by atoms with van der Waals surface area (Å²) in [7, 11) is -1.43. The molecule has 1 saturated heterocycles. The van der Waals surface area contributed by atoms with Gasteiger partial charge in [-0.15, -0.1) is 23.7 Å². The van der Waals surface area contributed by atoms with Crippen LogP contribution in [-0.4, -0.2) is 39.4 Å².